The molecule has 0 amide bonds. The number of cyclic esters (lactones) is 2. The van der Waals surface area contributed by atoms with Gasteiger partial charge in [-0.25, -0.2) is 0 Å². The van der Waals surface area contributed by atoms with Crippen LogP contribution in [0.15, 0.2) is 60.7 Å². The van der Waals surface area contributed by atoms with Crippen molar-refractivity contribution in [1.82, 2.24) is 0 Å². The van der Waals surface area contributed by atoms with Crippen LogP contribution in [-0.2, 0) is 36.3 Å². The van der Waals surface area contributed by atoms with E-state index in [1.165, 1.54) is 0 Å². The molecule has 2 heterocycles. The van der Waals surface area contributed by atoms with Gasteiger partial charge in [0.05, 0.1) is 17.9 Å². The summed E-state index contributed by atoms with van der Waals surface area (Å²) in [6, 6.07) is 19.9. The topological polar surface area (TPSA) is 82.1 Å². The number of aliphatic hydroxyl groups excluding tert-OH is 1. The Morgan fingerprint density at radius 3 is 1.50 bits per heavy atom. The highest BCUT2D eigenvalue weighted by Crippen LogP contribution is 2.45. The molecule has 2 saturated heterocycles. The zero-order valence-electron chi connectivity index (χ0n) is 25.4. The molecule has 2 aliphatic heterocycles. The molecule has 7 heteroatoms. The first kappa shape index (κ1) is 32.0. The lowest BCUT2D eigenvalue weighted by Crippen LogP contribution is -2.52. The lowest BCUT2D eigenvalue weighted by atomic mass is 9.94. The quantitative estimate of drug-likeness (QED) is 0.275. The summed E-state index contributed by atoms with van der Waals surface area (Å²) in [4.78, 5) is 23.9. The average Bonchev–Trinajstić information content (AvgIpc) is 3.30. The van der Waals surface area contributed by atoms with Gasteiger partial charge in [-0.15, -0.1) is 0 Å². The molecule has 4 rings (SSSR count). The maximum absolute atomic E-state index is 12.5. The largest absolute Gasteiger partial charge is 0.460 e. The number of esters is 2. The van der Waals surface area contributed by atoms with Crippen LogP contribution in [0.25, 0.3) is 0 Å². The van der Waals surface area contributed by atoms with Gasteiger partial charge < -0.3 is 19.0 Å². The van der Waals surface area contributed by atoms with Crippen molar-refractivity contribution in [3.63, 3.8) is 0 Å². The van der Waals surface area contributed by atoms with Crippen molar-refractivity contribution >= 4 is 20.3 Å². The number of carbonyl (C=O) groups excluding carboxylic acids is 2. The molecule has 40 heavy (non-hydrogen) atoms. The van der Waals surface area contributed by atoms with Crippen LogP contribution >= 0.6 is 0 Å². The fraction of sp³-hybridized carbons (Fsp3) is 0.576. The van der Waals surface area contributed by atoms with Crippen molar-refractivity contribution in [1.29, 1.82) is 0 Å². The van der Waals surface area contributed by atoms with Gasteiger partial charge in [0, 0.05) is 0 Å². The van der Waals surface area contributed by atoms with Gasteiger partial charge in [-0.3, -0.25) is 9.59 Å². The highest BCUT2D eigenvalue weighted by molar-refractivity contribution is 6.77. The summed E-state index contributed by atoms with van der Waals surface area (Å²) in [6.07, 6.45) is -0.154. The minimum Gasteiger partial charge on any atom is -0.460 e. The summed E-state index contributed by atoms with van der Waals surface area (Å²) in [5.41, 5.74) is 3.69. The van der Waals surface area contributed by atoms with Crippen LogP contribution in [-0.4, -0.2) is 49.8 Å². The molecule has 6 nitrogen and oxygen atoms in total. The van der Waals surface area contributed by atoms with Gasteiger partial charge >= 0.3 is 11.9 Å². The Morgan fingerprint density at radius 1 is 0.700 bits per heavy atom. The molecule has 0 aromatic heterocycles. The SMILES string of the molecule is CC(C)[Si](O[C@H]1[C@H](C)OC(=O)[C@@H]1Cc1ccccc1)(C(C)C)C(C)C.C[C@@H]1OC(=O)[C@H](Cc2ccccc2)[C@H]1O. The normalized spacial score (nSPS) is 26.6. The molecule has 2 aromatic carbocycles. The Kier molecular flexibility index (Phi) is 11.2. The summed E-state index contributed by atoms with van der Waals surface area (Å²) in [5.74, 6) is -1.03. The molecule has 0 spiro atoms. The zero-order chi connectivity index (χ0) is 29.6. The van der Waals surface area contributed by atoms with E-state index in [2.05, 4.69) is 53.7 Å². The predicted octanol–water partition coefficient (Wildman–Crippen LogP) is 6.50. The number of hydrogen-bond acceptors (Lipinski definition) is 6. The summed E-state index contributed by atoms with van der Waals surface area (Å²) >= 11 is 0. The molecule has 0 saturated carbocycles. The second-order valence-corrected chi connectivity index (χ2v) is 17.7. The van der Waals surface area contributed by atoms with Crippen molar-refractivity contribution in [2.24, 2.45) is 11.8 Å². The predicted molar refractivity (Wildman–Crippen MR) is 160 cm³/mol. The number of benzene rings is 2. The highest BCUT2D eigenvalue weighted by Gasteiger charge is 2.52. The van der Waals surface area contributed by atoms with Gasteiger partial charge in [-0.1, -0.05) is 102 Å². The van der Waals surface area contributed by atoms with Crippen LogP contribution in [0.1, 0.15) is 66.5 Å². The number of hydrogen-bond donors (Lipinski definition) is 1. The van der Waals surface area contributed by atoms with E-state index in [0.717, 1.165) is 11.1 Å². The van der Waals surface area contributed by atoms with E-state index in [9.17, 15) is 14.7 Å². The van der Waals surface area contributed by atoms with E-state index in [0.29, 0.717) is 29.5 Å². The second kappa shape index (κ2) is 13.9. The van der Waals surface area contributed by atoms with Crippen LogP contribution in [0.2, 0.25) is 16.6 Å². The van der Waals surface area contributed by atoms with Crippen LogP contribution in [0.4, 0.5) is 0 Å². The Morgan fingerprint density at radius 2 is 1.10 bits per heavy atom. The standard InChI is InChI=1S/C21H34O3Si.C12H14O3/c1-14(2)25(15(3)4,16(5)6)24-20-17(7)23-21(22)19(20)13-18-11-9-8-10-12-18;1-8-11(13)10(12(14)15-8)7-9-5-3-2-4-6-9/h8-12,14-17,19-20H,13H2,1-7H3;2-6,8,10-11,13H,7H2,1H3/t17-,19+,20-;8-,10+,11-/m00/s1. The molecule has 0 aliphatic carbocycles. The first-order valence-electron chi connectivity index (χ1n) is 14.7. The smallest absolute Gasteiger partial charge is 0.312 e. The first-order chi connectivity index (χ1) is 18.9. The molecule has 6 atom stereocenters. The van der Waals surface area contributed by atoms with Gasteiger partial charge in [0.15, 0.2) is 0 Å². The summed E-state index contributed by atoms with van der Waals surface area (Å²) in [7, 11) is -2.06. The van der Waals surface area contributed by atoms with Crippen molar-refractivity contribution in [2.45, 2.75) is 109 Å². The Balaban J connectivity index is 0.000000249. The van der Waals surface area contributed by atoms with Gasteiger partial charge in [0.2, 0.25) is 8.32 Å². The number of carbonyl (C=O) groups is 2. The molecule has 2 fully saturated rings. The van der Waals surface area contributed by atoms with E-state index in [-0.39, 0.29) is 36.2 Å². The molecule has 0 unspecified atom stereocenters. The summed E-state index contributed by atoms with van der Waals surface area (Å²) in [6.45, 7) is 17.4. The number of rotatable bonds is 9. The average molecular weight is 569 g/mol. The molecular weight excluding hydrogens is 520 g/mol. The molecule has 0 radical (unpaired) electrons. The van der Waals surface area contributed by atoms with Gasteiger partial charge in [0.25, 0.3) is 0 Å². The zero-order valence-corrected chi connectivity index (χ0v) is 26.4. The third-order valence-corrected chi connectivity index (χ3v) is 14.7. The second-order valence-electron chi connectivity index (χ2n) is 12.3. The fourth-order valence-corrected chi connectivity index (χ4v) is 12.2. The minimum atomic E-state index is -2.06. The number of aliphatic hydroxyl groups is 1. The number of ether oxygens (including phenoxy) is 2. The molecule has 2 aromatic rings. The van der Waals surface area contributed by atoms with Gasteiger partial charge in [-0.05, 0) is 54.4 Å². The highest BCUT2D eigenvalue weighted by atomic mass is 28.4. The Hall–Kier alpha value is -2.48. The summed E-state index contributed by atoms with van der Waals surface area (Å²) < 4.78 is 17.5. The monoisotopic (exact) mass is 568 g/mol. The van der Waals surface area contributed by atoms with Crippen molar-refractivity contribution in [3.8, 4) is 0 Å². The summed E-state index contributed by atoms with van der Waals surface area (Å²) in [5, 5.41) is 9.74. The van der Waals surface area contributed by atoms with Gasteiger partial charge in [-0.2, -0.15) is 0 Å². The third kappa shape index (κ3) is 7.23. The van der Waals surface area contributed by atoms with Gasteiger partial charge in [0.1, 0.15) is 18.3 Å². The Bertz CT molecular complexity index is 1060. The van der Waals surface area contributed by atoms with Crippen molar-refractivity contribution in [3.05, 3.63) is 71.8 Å². The minimum absolute atomic E-state index is 0.111. The maximum atomic E-state index is 12.5. The van der Waals surface area contributed by atoms with Crippen LogP contribution in [0, 0.1) is 11.8 Å². The lowest BCUT2D eigenvalue weighted by Gasteiger charge is -2.45. The van der Waals surface area contributed by atoms with Crippen LogP contribution in [0.3, 0.4) is 0 Å². The van der Waals surface area contributed by atoms with Crippen molar-refractivity contribution in [2.75, 3.05) is 0 Å². The molecule has 2 aliphatic rings. The lowest BCUT2D eigenvalue weighted by molar-refractivity contribution is -0.144. The molecular formula is C33H48O6Si. The molecule has 220 valence electrons. The molecule has 1 N–H and O–H groups in total. The fourth-order valence-electron chi connectivity index (χ4n) is 6.57. The Labute approximate surface area is 241 Å². The van der Waals surface area contributed by atoms with E-state index >= 15 is 0 Å². The van der Waals surface area contributed by atoms with E-state index < -0.39 is 20.3 Å². The first-order valence-corrected chi connectivity index (χ1v) is 16.9. The van der Waals surface area contributed by atoms with Crippen molar-refractivity contribution < 1.29 is 28.6 Å². The molecule has 0 bridgehead atoms. The third-order valence-electron chi connectivity index (χ3n) is 8.61. The van der Waals surface area contributed by atoms with E-state index in [1.807, 2.05) is 55.5 Å². The van der Waals surface area contributed by atoms with E-state index in [4.69, 9.17) is 13.9 Å². The van der Waals surface area contributed by atoms with Crippen LogP contribution < -0.4 is 0 Å². The maximum Gasteiger partial charge on any atom is 0.312 e. The van der Waals surface area contributed by atoms with Crippen LogP contribution in [0.5, 0.6) is 0 Å². The van der Waals surface area contributed by atoms with E-state index in [1.54, 1.807) is 6.92 Å².